The van der Waals surface area contributed by atoms with Gasteiger partial charge < -0.3 is 10.6 Å². The van der Waals surface area contributed by atoms with Gasteiger partial charge in [0.05, 0.1) is 23.3 Å². The Morgan fingerprint density at radius 2 is 2.12 bits per heavy atom. The van der Waals surface area contributed by atoms with Crippen LogP contribution in [0.1, 0.15) is 39.3 Å². The molecule has 1 saturated heterocycles. The van der Waals surface area contributed by atoms with Gasteiger partial charge in [-0.1, -0.05) is 6.07 Å². The highest BCUT2D eigenvalue weighted by Gasteiger charge is 2.24. The van der Waals surface area contributed by atoms with Gasteiger partial charge in [0, 0.05) is 23.3 Å². The van der Waals surface area contributed by atoms with Gasteiger partial charge in [-0.15, -0.1) is 22.7 Å². The van der Waals surface area contributed by atoms with Crippen molar-refractivity contribution in [2.24, 2.45) is 4.99 Å². The zero-order valence-corrected chi connectivity index (χ0v) is 16.8. The van der Waals surface area contributed by atoms with Crippen molar-refractivity contribution in [3.63, 3.8) is 0 Å². The predicted molar refractivity (Wildman–Crippen MR) is 108 cm³/mol. The maximum absolute atomic E-state index is 4.49. The van der Waals surface area contributed by atoms with Crippen LogP contribution in [0.5, 0.6) is 0 Å². The second kappa shape index (κ2) is 8.78. The lowest BCUT2D eigenvalue weighted by Crippen LogP contribution is -2.42. The van der Waals surface area contributed by atoms with Crippen molar-refractivity contribution in [1.82, 2.24) is 20.5 Å². The smallest absolute Gasteiger partial charge is 0.191 e. The summed E-state index contributed by atoms with van der Waals surface area (Å²) in [5.41, 5.74) is 1.11. The topological polar surface area (TPSA) is 52.6 Å². The molecular formula is C18H27N5S2. The average Bonchev–Trinajstić information content (AvgIpc) is 3.34. The number of aliphatic imine (C=N–C) groups is 1. The molecule has 0 amide bonds. The van der Waals surface area contributed by atoms with Crippen LogP contribution in [-0.4, -0.2) is 42.5 Å². The summed E-state index contributed by atoms with van der Waals surface area (Å²) in [5, 5.41) is 10.2. The maximum atomic E-state index is 4.49. The molecule has 3 rings (SSSR count). The number of aryl methyl sites for hydroxylation is 2. The van der Waals surface area contributed by atoms with Crippen LogP contribution in [0.3, 0.4) is 0 Å². The van der Waals surface area contributed by atoms with Crippen molar-refractivity contribution in [2.45, 2.75) is 39.3 Å². The Morgan fingerprint density at radius 3 is 2.72 bits per heavy atom. The van der Waals surface area contributed by atoms with E-state index in [2.05, 4.69) is 56.9 Å². The van der Waals surface area contributed by atoms with E-state index in [1.165, 1.54) is 35.7 Å². The molecule has 0 aliphatic carbocycles. The summed E-state index contributed by atoms with van der Waals surface area (Å²) in [4.78, 5) is 14.2. The van der Waals surface area contributed by atoms with Crippen molar-refractivity contribution < 1.29 is 0 Å². The van der Waals surface area contributed by atoms with Gasteiger partial charge in [-0.2, -0.15) is 0 Å². The highest BCUT2D eigenvalue weighted by atomic mass is 32.1. The largest absolute Gasteiger partial charge is 0.354 e. The molecule has 1 aliphatic heterocycles. The van der Waals surface area contributed by atoms with Crippen molar-refractivity contribution in [3.8, 4) is 0 Å². The predicted octanol–water partition coefficient (Wildman–Crippen LogP) is 3.32. The van der Waals surface area contributed by atoms with Crippen molar-refractivity contribution in [2.75, 3.05) is 26.7 Å². The summed E-state index contributed by atoms with van der Waals surface area (Å²) in [6, 6.07) is 4.81. The minimum atomic E-state index is 0.424. The first-order valence-electron chi connectivity index (χ1n) is 8.82. The molecule has 1 aliphatic rings. The number of likely N-dealkylation sites (tertiary alicyclic amines) is 1. The lowest BCUT2D eigenvalue weighted by atomic mass is 10.2. The number of rotatable bonds is 6. The zero-order chi connectivity index (χ0) is 17.6. The monoisotopic (exact) mass is 377 g/mol. The first kappa shape index (κ1) is 18.4. The second-order valence-corrected chi connectivity index (χ2v) is 8.59. The first-order valence-corrected chi connectivity index (χ1v) is 10.5. The summed E-state index contributed by atoms with van der Waals surface area (Å²) in [5.74, 6) is 0.853. The van der Waals surface area contributed by atoms with E-state index in [1.807, 2.05) is 18.4 Å². The van der Waals surface area contributed by atoms with E-state index >= 15 is 0 Å². The van der Waals surface area contributed by atoms with Crippen molar-refractivity contribution in [1.29, 1.82) is 0 Å². The minimum Gasteiger partial charge on any atom is -0.354 e. The van der Waals surface area contributed by atoms with E-state index in [-0.39, 0.29) is 0 Å². The van der Waals surface area contributed by atoms with Crippen LogP contribution in [0.2, 0.25) is 0 Å². The molecule has 1 fully saturated rings. The molecule has 2 aromatic heterocycles. The lowest BCUT2D eigenvalue weighted by molar-refractivity contribution is 0.249. The van der Waals surface area contributed by atoms with E-state index < -0.39 is 0 Å². The molecule has 0 radical (unpaired) electrons. The first-order chi connectivity index (χ1) is 12.2. The van der Waals surface area contributed by atoms with E-state index in [0.717, 1.165) is 29.8 Å². The molecule has 3 heterocycles. The third-order valence-electron chi connectivity index (χ3n) is 4.56. The molecule has 0 spiro atoms. The molecule has 0 saturated carbocycles. The molecule has 7 heteroatoms. The van der Waals surface area contributed by atoms with Crippen LogP contribution in [0.4, 0.5) is 0 Å². The summed E-state index contributed by atoms with van der Waals surface area (Å²) in [6.45, 7) is 8.14. The minimum absolute atomic E-state index is 0.424. The van der Waals surface area contributed by atoms with Crippen LogP contribution < -0.4 is 10.6 Å². The Kier molecular flexibility index (Phi) is 6.45. The summed E-state index contributed by atoms with van der Waals surface area (Å²) < 4.78 is 0. The van der Waals surface area contributed by atoms with Gasteiger partial charge >= 0.3 is 0 Å². The van der Waals surface area contributed by atoms with E-state index in [4.69, 9.17) is 0 Å². The molecule has 0 aromatic carbocycles. The van der Waals surface area contributed by atoms with Crippen LogP contribution in [0, 0.1) is 13.8 Å². The van der Waals surface area contributed by atoms with Gasteiger partial charge in [-0.05, 0) is 51.2 Å². The van der Waals surface area contributed by atoms with E-state index in [0.29, 0.717) is 6.04 Å². The number of nitrogens with one attached hydrogen (secondary N) is 2. The normalized spacial score (nSPS) is 17.0. The van der Waals surface area contributed by atoms with Crippen LogP contribution in [0.15, 0.2) is 22.5 Å². The Hall–Kier alpha value is -1.44. The van der Waals surface area contributed by atoms with Crippen molar-refractivity contribution in [3.05, 3.63) is 38.0 Å². The van der Waals surface area contributed by atoms with E-state index in [1.54, 1.807) is 11.3 Å². The van der Waals surface area contributed by atoms with Gasteiger partial charge in [0.15, 0.2) is 5.96 Å². The Morgan fingerprint density at radius 1 is 1.32 bits per heavy atom. The molecule has 1 atom stereocenters. The Balaban J connectivity index is 1.57. The highest BCUT2D eigenvalue weighted by molar-refractivity contribution is 7.11. The van der Waals surface area contributed by atoms with Crippen LogP contribution in [-0.2, 0) is 6.54 Å². The van der Waals surface area contributed by atoms with Gasteiger partial charge in [0.2, 0.25) is 0 Å². The fourth-order valence-corrected chi connectivity index (χ4v) is 5.00. The average molecular weight is 378 g/mol. The second-order valence-electron chi connectivity index (χ2n) is 6.32. The molecule has 2 aromatic rings. The van der Waals surface area contributed by atoms with Crippen molar-refractivity contribution >= 4 is 28.6 Å². The van der Waals surface area contributed by atoms with Gasteiger partial charge in [0.25, 0.3) is 0 Å². The molecule has 25 heavy (non-hydrogen) atoms. The highest BCUT2D eigenvalue weighted by Crippen LogP contribution is 2.27. The van der Waals surface area contributed by atoms with Gasteiger partial charge in [0.1, 0.15) is 0 Å². The number of thiazole rings is 1. The molecule has 0 bridgehead atoms. The SMILES string of the molecule is CN=C(NCc1sc(C)nc1C)NCC(c1cccs1)N1CCCC1. The lowest BCUT2D eigenvalue weighted by Gasteiger charge is -2.27. The maximum Gasteiger partial charge on any atom is 0.191 e. The molecule has 1 unspecified atom stereocenters. The standard InChI is InChI=1S/C18H27N5S2/c1-13-17(25-14(2)22-13)12-21-18(19-3)20-11-15(16-7-6-10-24-16)23-8-4-5-9-23/h6-7,10,15H,4-5,8-9,11-12H2,1-3H3,(H2,19,20,21). The number of aromatic nitrogens is 1. The van der Waals surface area contributed by atoms with Crippen LogP contribution >= 0.6 is 22.7 Å². The number of guanidine groups is 1. The Labute approximate surface area is 158 Å². The fourth-order valence-electron chi connectivity index (χ4n) is 3.26. The quantitative estimate of drug-likeness (QED) is 0.599. The number of thiophene rings is 1. The zero-order valence-electron chi connectivity index (χ0n) is 15.2. The molecule has 136 valence electrons. The molecule has 5 nitrogen and oxygen atoms in total. The number of hydrogen-bond donors (Lipinski definition) is 2. The van der Waals surface area contributed by atoms with Crippen LogP contribution in [0.25, 0.3) is 0 Å². The third kappa shape index (κ3) is 4.80. The molecular weight excluding hydrogens is 350 g/mol. The summed E-state index contributed by atoms with van der Waals surface area (Å²) in [6.07, 6.45) is 2.61. The van der Waals surface area contributed by atoms with E-state index in [9.17, 15) is 0 Å². The van der Waals surface area contributed by atoms with Gasteiger partial charge in [-0.3, -0.25) is 9.89 Å². The number of nitrogens with zero attached hydrogens (tertiary/aromatic N) is 3. The fraction of sp³-hybridized carbons (Fsp3) is 0.556. The Bertz CT molecular complexity index is 686. The summed E-state index contributed by atoms with van der Waals surface area (Å²) >= 11 is 3.59. The van der Waals surface area contributed by atoms with Gasteiger partial charge in [-0.25, -0.2) is 4.98 Å². The summed E-state index contributed by atoms with van der Waals surface area (Å²) in [7, 11) is 1.83. The number of hydrogen-bond acceptors (Lipinski definition) is 5. The molecule has 2 N–H and O–H groups in total. The third-order valence-corrected chi connectivity index (χ3v) is 6.60.